The molecule has 16 heteroatoms. The number of nitrogens with one attached hydrogen (secondary N) is 5. The molecule has 6 atom stereocenters. The monoisotopic (exact) mass is 880 g/mol. The van der Waals surface area contributed by atoms with E-state index in [9.17, 15) is 38.4 Å². The lowest BCUT2D eigenvalue weighted by Gasteiger charge is -2.35. The summed E-state index contributed by atoms with van der Waals surface area (Å²) in [5.41, 5.74) is 6.43. The molecule has 63 heavy (non-hydrogen) atoms. The van der Waals surface area contributed by atoms with Crippen molar-refractivity contribution in [3.63, 3.8) is 0 Å². The Morgan fingerprint density at radius 3 is 1.97 bits per heavy atom. The minimum absolute atomic E-state index is 0.0868. The number of primary amides is 1. The zero-order chi connectivity index (χ0) is 45.7. The summed E-state index contributed by atoms with van der Waals surface area (Å²) in [7, 11) is 0. The molecule has 2 aliphatic carbocycles. The van der Waals surface area contributed by atoms with Gasteiger partial charge >= 0.3 is 0 Å². The van der Waals surface area contributed by atoms with Gasteiger partial charge in [0, 0.05) is 18.9 Å². The fourth-order valence-electron chi connectivity index (χ4n) is 8.98. The number of hydrogen-bond acceptors (Lipinski definition) is 9. The van der Waals surface area contributed by atoms with Crippen molar-refractivity contribution in [2.75, 3.05) is 13.1 Å². The van der Waals surface area contributed by atoms with Crippen LogP contribution in [0.15, 0.2) is 30.3 Å². The lowest BCUT2D eigenvalue weighted by molar-refractivity contribution is -0.145. The van der Waals surface area contributed by atoms with Gasteiger partial charge < -0.3 is 42.0 Å². The van der Waals surface area contributed by atoms with Crippen LogP contribution in [-0.2, 0) is 49.7 Å². The molecule has 1 saturated heterocycles. The van der Waals surface area contributed by atoms with Crippen LogP contribution in [0.1, 0.15) is 148 Å². The van der Waals surface area contributed by atoms with Gasteiger partial charge in [0.15, 0.2) is 0 Å². The molecule has 1 aromatic rings. The van der Waals surface area contributed by atoms with E-state index in [0.29, 0.717) is 25.7 Å². The third-order valence-corrected chi connectivity index (χ3v) is 12.7. The second kappa shape index (κ2) is 26.7. The first-order chi connectivity index (χ1) is 30.4. The third kappa shape index (κ3) is 16.0. The normalized spacial score (nSPS) is 20.1. The van der Waals surface area contributed by atoms with E-state index in [1.165, 1.54) is 4.90 Å². The van der Waals surface area contributed by atoms with Crippen molar-refractivity contribution < 1.29 is 43.1 Å². The number of carbonyl (C=O) groups is 8. The van der Waals surface area contributed by atoms with Crippen LogP contribution in [0.3, 0.4) is 0 Å². The van der Waals surface area contributed by atoms with Crippen molar-refractivity contribution in [3.05, 3.63) is 35.9 Å². The van der Waals surface area contributed by atoms with Crippen molar-refractivity contribution >= 4 is 47.1 Å². The molecule has 2 saturated carbocycles. The Morgan fingerprint density at radius 1 is 0.714 bits per heavy atom. The number of ketones is 1. The second-order valence-electron chi connectivity index (χ2n) is 17.6. The number of benzene rings is 1. The van der Waals surface area contributed by atoms with E-state index in [2.05, 4.69) is 26.6 Å². The smallest absolute Gasteiger partial charge is 0.290 e. The van der Waals surface area contributed by atoms with Crippen molar-refractivity contribution in [3.8, 4) is 0 Å². The Labute approximate surface area is 373 Å². The molecule has 4 unspecified atom stereocenters. The highest BCUT2D eigenvalue weighted by molar-refractivity contribution is 6.38. The van der Waals surface area contributed by atoms with Crippen molar-refractivity contribution in [1.29, 1.82) is 0 Å². The minimum Gasteiger partial charge on any atom is -0.372 e. The topological polar surface area (TPSA) is 235 Å². The van der Waals surface area contributed by atoms with Crippen LogP contribution in [0, 0.1) is 11.8 Å². The molecule has 0 radical (unpaired) electrons. The van der Waals surface area contributed by atoms with Crippen LogP contribution < -0.4 is 32.3 Å². The quantitative estimate of drug-likeness (QED) is 0.0787. The molecule has 1 aromatic carbocycles. The molecule has 3 aliphatic rings. The number of Topliss-reactive ketones (excluding diaryl/α,β-unsaturated/α-hetero) is 1. The lowest BCUT2D eigenvalue weighted by Crippen LogP contribution is -2.58. The van der Waals surface area contributed by atoms with E-state index < -0.39 is 78.2 Å². The van der Waals surface area contributed by atoms with Gasteiger partial charge in [-0.2, -0.15) is 0 Å². The Morgan fingerprint density at radius 2 is 1.35 bits per heavy atom. The number of hydrogen-bond donors (Lipinski definition) is 6. The molecular formula is C47H73N7O9. The number of likely N-dealkylation sites (tertiary alicyclic amines) is 1. The summed E-state index contributed by atoms with van der Waals surface area (Å²) in [6.45, 7) is 5.41. The molecule has 1 aliphatic heterocycles. The van der Waals surface area contributed by atoms with Crippen LogP contribution in [0.25, 0.3) is 0 Å². The Bertz CT molecular complexity index is 1680. The van der Waals surface area contributed by atoms with Crippen LogP contribution in [0.2, 0.25) is 0 Å². The Kier molecular flexibility index (Phi) is 21.5. The van der Waals surface area contributed by atoms with E-state index in [0.717, 1.165) is 82.6 Å². The van der Waals surface area contributed by atoms with E-state index in [4.69, 9.17) is 10.5 Å². The van der Waals surface area contributed by atoms with Crippen molar-refractivity contribution in [2.45, 2.75) is 186 Å². The number of nitrogens with two attached hydrogens (primary N) is 1. The largest absolute Gasteiger partial charge is 0.372 e. The highest BCUT2D eigenvalue weighted by atomic mass is 16.5. The van der Waals surface area contributed by atoms with Gasteiger partial charge in [-0.05, 0) is 56.4 Å². The molecule has 3 fully saturated rings. The summed E-state index contributed by atoms with van der Waals surface area (Å²) in [6, 6.07) is 4.54. The molecule has 0 spiro atoms. The maximum atomic E-state index is 14.8. The fourth-order valence-corrected chi connectivity index (χ4v) is 8.98. The SMILES string of the molecule is CCCCC(NC(=O)C(CCCC)NC(=O)CNC(=O)C(=O)C(CCC)NC(=O)[C@@H]1C[C@@H](OCc2ccccc2)CN1C(=O)C(NC(=O)C1CCCCC1)C1CCCCC1)C(N)=O. The zero-order valence-electron chi connectivity index (χ0n) is 37.8. The molecule has 16 nitrogen and oxygen atoms in total. The molecule has 4 rings (SSSR count). The first kappa shape index (κ1) is 50.8. The summed E-state index contributed by atoms with van der Waals surface area (Å²) < 4.78 is 6.28. The molecule has 350 valence electrons. The van der Waals surface area contributed by atoms with Crippen LogP contribution in [0.5, 0.6) is 0 Å². The number of carbonyl (C=O) groups excluding carboxylic acids is 8. The van der Waals surface area contributed by atoms with E-state index >= 15 is 0 Å². The van der Waals surface area contributed by atoms with E-state index in [-0.39, 0.29) is 56.1 Å². The number of ether oxygens (including phenoxy) is 1. The number of amides is 7. The molecule has 0 bridgehead atoms. The van der Waals surface area contributed by atoms with Crippen LogP contribution >= 0.6 is 0 Å². The highest BCUT2D eigenvalue weighted by Gasteiger charge is 2.45. The van der Waals surface area contributed by atoms with Crippen molar-refractivity contribution in [2.24, 2.45) is 17.6 Å². The predicted octanol–water partition coefficient (Wildman–Crippen LogP) is 3.62. The van der Waals surface area contributed by atoms with E-state index in [1.807, 2.05) is 44.2 Å². The average Bonchev–Trinajstić information content (AvgIpc) is 3.74. The molecule has 7 amide bonds. The predicted molar refractivity (Wildman–Crippen MR) is 237 cm³/mol. The van der Waals surface area contributed by atoms with Gasteiger partial charge in [0.1, 0.15) is 24.2 Å². The fraction of sp³-hybridized carbons (Fsp3) is 0.702. The summed E-state index contributed by atoms with van der Waals surface area (Å²) in [5, 5.41) is 13.5. The van der Waals surface area contributed by atoms with Crippen molar-refractivity contribution in [1.82, 2.24) is 31.5 Å². The number of nitrogens with zero attached hydrogens (tertiary/aromatic N) is 1. The summed E-state index contributed by atoms with van der Waals surface area (Å²) in [5.74, 6) is -5.38. The molecular weight excluding hydrogens is 807 g/mol. The maximum Gasteiger partial charge on any atom is 0.290 e. The maximum absolute atomic E-state index is 14.8. The van der Waals surface area contributed by atoms with Crippen LogP contribution in [-0.4, -0.2) is 101 Å². The zero-order valence-corrected chi connectivity index (χ0v) is 37.8. The number of rotatable bonds is 25. The number of unbranched alkanes of at least 4 members (excludes halogenated alkanes) is 2. The van der Waals surface area contributed by atoms with Crippen LogP contribution in [0.4, 0.5) is 0 Å². The van der Waals surface area contributed by atoms with Gasteiger partial charge in [0.05, 0.1) is 25.3 Å². The Balaban J connectivity index is 1.46. The molecule has 0 aromatic heterocycles. The van der Waals surface area contributed by atoms with Gasteiger partial charge in [-0.1, -0.05) is 122 Å². The minimum atomic E-state index is -1.26. The summed E-state index contributed by atoms with van der Waals surface area (Å²) in [6.07, 6.45) is 12.7. The highest BCUT2D eigenvalue weighted by Crippen LogP contribution is 2.32. The van der Waals surface area contributed by atoms with Gasteiger partial charge in [-0.15, -0.1) is 0 Å². The van der Waals surface area contributed by atoms with Gasteiger partial charge in [0.2, 0.25) is 41.2 Å². The first-order valence-corrected chi connectivity index (χ1v) is 23.6. The summed E-state index contributed by atoms with van der Waals surface area (Å²) in [4.78, 5) is 109. The Hall–Kier alpha value is -4.86. The van der Waals surface area contributed by atoms with E-state index in [1.54, 1.807) is 6.92 Å². The molecule has 7 N–H and O–H groups in total. The van der Waals surface area contributed by atoms with Gasteiger partial charge in [-0.25, -0.2) is 0 Å². The van der Waals surface area contributed by atoms with Gasteiger partial charge in [-0.3, -0.25) is 38.4 Å². The first-order valence-electron chi connectivity index (χ1n) is 23.6. The standard InChI is InChI=1S/C47H73N7O9/c1-4-7-25-36(42(48)57)52-44(59)37(26-8-5-2)50-39(55)28-49-46(61)41(56)35(18-6-3)51-45(60)38-27-34(63-30-31-19-12-9-13-20-31)29-54(38)47(62)40(32-21-14-10-15-22-32)53-43(58)33-23-16-11-17-24-33/h9,12-13,19-20,32-38,40H,4-8,10-11,14-18,21-30H2,1-3H3,(H2,48,57)(H,49,61)(H,50,55)(H,51,60)(H,52,59)(H,53,58)/t34-,35?,36?,37?,38+,40?/m1/s1. The second-order valence-corrected chi connectivity index (χ2v) is 17.6. The average molecular weight is 880 g/mol. The lowest BCUT2D eigenvalue weighted by atomic mass is 9.82. The third-order valence-electron chi connectivity index (χ3n) is 12.7. The summed E-state index contributed by atoms with van der Waals surface area (Å²) >= 11 is 0. The molecule has 1 heterocycles. The van der Waals surface area contributed by atoms with Gasteiger partial charge in [0.25, 0.3) is 5.91 Å².